The summed E-state index contributed by atoms with van der Waals surface area (Å²) in [5, 5.41) is 5.49. The third kappa shape index (κ3) is 9.90. The van der Waals surface area contributed by atoms with Crippen molar-refractivity contribution >= 4 is 22.0 Å². The molecule has 9 heteroatoms. The highest BCUT2D eigenvalue weighted by atomic mass is 32.2. The highest BCUT2D eigenvalue weighted by Crippen LogP contribution is 2.09. The van der Waals surface area contributed by atoms with Gasteiger partial charge in [0.25, 0.3) is 0 Å². The quantitative estimate of drug-likeness (QED) is 0.424. The molecule has 0 heterocycles. The Morgan fingerprint density at radius 1 is 0.957 bits per heavy atom. The molecule has 0 bridgehead atoms. The minimum absolute atomic E-state index is 0.00789. The molecular formula is C14H28N4O4S. The predicted octanol–water partition coefficient (Wildman–Crippen LogP) is 0.147. The van der Waals surface area contributed by atoms with Gasteiger partial charge < -0.3 is 10.6 Å². The zero-order valence-electron chi connectivity index (χ0n) is 14.3. The molecule has 0 aromatic heterocycles. The van der Waals surface area contributed by atoms with E-state index in [9.17, 15) is 18.0 Å². The van der Waals surface area contributed by atoms with Crippen LogP contribution >= 0.6 is 0 Å². The van der Waals surface area contributed by atoms with Crippen molar-refractivity contribution in [1.29, 1.82) is 0 Å². The van der Waals surface area contributed by atoms with Crippen LogP contribution in [0.2, 0.25) is 0 Å². The van der Waals surface area contributed by atoms with Crippen LogP contribution in [-0.2, 0) is 19.8 Å². The van der Waals surface area contributed by atoms with Gasteiger partial charge in [0, 0.05) is 38.7 Å². The van der Waals surface area contributed by atoms with Crippen LogP contribution < -0.4 is 20.1 Å². The van der Waals surface area contributed by atoms with E-state index in [-0.39, 0.29) is 25.3 Å². The maximum absolute atomic E-state index is 11.6. The van der Waals surface area contributed by atoms with Crippen LogP contribution in [0.15, 0.2) is 11.3 Å². The standard InChI is InChI=1S/C14H28N4O4S/c1-5-12(6-2)11(3)16-9-7-14(20)18-23(21,22)17-10-8-13(19)15-4/h16-17H,5-10H2,1-4H3,(H,15,19)(H,18,20). The highest BCUT2D eigenvalue weighted by molar-refractivity contribution is 7.88. The lowest BCUT2D eigenvalue weighted by Crippen LogP contribution is -2.42. The van der Waals surface area contributed by atoms with Crippen molar-refractivity contribution in [3.63, 3.8) is 0 Å². The van der Waals surface area contributed by atoms with Gasteiger partial charge in [0.1, 0.15) is 0 Å². The molecule has 0 saturated heterocycles. The molecule has 0 atom stereocenters. The molecule has 0 spiro atoms. The minimum atomic E-state index is -3.93. The van der Waals surface area contributed by atoms with Crippen molar-refractivity contribution in [3.8, 4) is 0 Å². The summed E-state index contributed by atoms with van der Waals surface area (Å²) in [7, 11) is -2.47. The van der Waals surface area contributed by atoms with E-state index in [1.165, 1.54) is 12.6 Å². The van der Waals surface area contributed by atoms with Gasteiger partial charge in [0.05, 0.1) is 0 Å². The van der Waals surface area contributed by atoms with E-state index in [4.69, 9.17) is 0 Å². The van der Waals surface area contributed by atoms with Crippen LogP contribution in [0.3, 0.4) is 0 Å². The van der Waals surface area contributed by atoms with Crippen molar-refractivity contribution in [1.82, 2.24) is 20.1 Å². The summed E-state index contributed by atoms with van der Waals surface area (Å²) in [5.74, 6) is -0.888. The van der Waals surface area contributed by atoms with E-state index in [2.05, 4.69) is 29.2 Å². The third-order valence-corrected chi connectivity index (χ3v) is 4.38. The number of hydrogen-bond acceptors (Lipinski definition) is 5. The topological polar surface area (TPSA) is 116 Å². The maximum atomic E-state index is 11.6. The fraction of sp³-hybridized carbons (Fsp3) is 0.714. The molecule has 0 aromatic rings. The van der Waals surface area contributed by atoms with Crippen LogP contribution in [-0.4, -0.2) is 40.4 Å². The van der Waals surface area contributed by atoms with Gasteiger partial charge >= 0.3 is 10.2 Å². The highest BCUT2D eigenvalue weighted by Gasteiger charge is 2.14. The number of rotatable bonds is 11. The molecule has 0 radical (unpaired) electrons. The van der Waals surface area contributed by atoms with Gasteiger partial charge in [-0.1, -0.05) is 19.4 Å². The van der Waals surface area contributed by atoms with Crippen LogP contribution in [0.1, 0.15) is 46.5 Å². The largest absolute Gasteiger partial charge is 0.388 e. The number of carbonyl (C=O) groups is 2. The Morgan fingerprint density at radius 2 is 1.52 bits per heavy atom. The van der Waals surface area contributed by atoms with Crippen molar-refractivity contribution < 1.29 is 18.0 Å². The first-order valence-corrected chi connectivity index (χ1v) is 9.17. The zero-order valence-corrected chi connectivity index (χ0v) is 15.1. The maximum Gasteiger partial charge on any atom is 0.301 e. The molecule has 8 nitrogen and oxygen atoms in total. The predicted molar refractivity (Wildman–Crippen MR) is 89.7 cm³/mol. The van der Waals surface area contributed by atoms with Gasteiger partial charge in [0.2, 0.25) is 11.8 Å². The van der Waals surface area contributed by atoms with E-state index in [0.717, 1.165) is 18.5 Å². The zero-order chi connectivity index (χ0) is 17.9. The fourth-order valence-corrected chi connectivity index (χ4v) is 2.77. The lowest BCUT2D eigenvalue weighted by molar-refractivity contribution is -0.120. The summed E-state index contributed by atoms with van der Waals surface area (Å²) in [6.07, 6.45) is 1.92. The van der Waals surface area contributed by atoms with Gasteiger partial charge in [-0.15, -0.1) is 0 Å². The SMILES string of the molecule is CCC(CC)=C(C)NCCC(=O)NS(=O)(=O)NCCC(=O)NC. The smallest absolute Gasteiger partial charge is 0.301 e. The van der Waals surface area contributed by atoms with E-state index >= 15 is 0 Å². The Bertz CT molecular complexity index is 523. The van der Waals surface area contributed by atoms with Crippen LogP contribution in [0.5, 0.6) is 0 Å². The molecule has 0 fully saturated rings. The molecular weight excluding hydrogens is 320 g/mol. The normalized spacial score (nSPS) is 10.8. The van der Waals surface area contributed by atoms with Gasteiger partial charge in [-0.2, -0.15) is 13.1 Å². The first-order chi connectivity index (χ1) is 10.8. The van der Waals surface area contributed by atoms with Gasteiger partial charge in [-0.25, -0.2) is 4.72 Å². The van der Waals surface area contributed by atoms with E-state index in [1.807, 2.05) is 11.6 Å². The van der Waals surface area contributed by atoms with Crippen molar-refractivity contribution in [3.05, 3.63) is 11.3 Å². The van der Waals surface area contributed by atoms with Gasteiger partial charge in [0.15, 0.2) is 0 Å². The number of hydrogen-bond donors (Lipinski definition) is 4. The molecule has 0 rings (SSSR count). The lowest BCUT2D eigenvalue weighted by Gasteiger charge is -2.12. The van der Waals surface area contributed by atoms with Gasteiger partial charge in [-0.05, 0) is 19.8 Å². The van der Waals surface area contributed by atoms with E-state index in [0.29, 0.717) is 6.54 Å². The lowest BCUT2D eigenvalue weighted by atomic mass is 10.1. The first-order valence-electron chi connectivity index (χ1n) is 7.69. The Hall–Kier alpha value is -1.61. The van der Waals surface area contributed by atoms with Crippen LogP contribution in [0, 0.1) is 0 Å². The van der Waals surface area contributed by atoms with Crippen molar-refractivity contribution in [2.24, 2.45) is 0 Å². The fourth-order valence-electron chi connectivity index (χ4n) is 1.93. The first kappa shape index (κ1) is 21.4. The summed E-state index contributed by atoms with van der Waals surface area (Å²) >= 11 is 0. The molecule has 0 saturated carbocycles. The van der Waals surface area contributed by atoms with Crippen molar-refractivity contribution in [2.75, 3.05) is 20.1 Å². The number of allylic oxidation sites excluding steroid dienone is 2. The second kappa shape index (κ2) is 11.0. The molecule has 134 valence electrons. The average Bonchev–Trinajstić information content (AvgIpc) is 2.47. The Kier molecular flexibility index (Phi) is 10.2. The minimum Gasteiger partial charge on any atom is -0.388 e. The molecule has 23 heavy (non-hydrogen) atoms. The number of amides is 2. The Morgan fingerprint density at radius 3 is 2.04 bits per heavy atom. The van der Waals surface area contributed by atoms with Gasteiger partial charge in [-0.3, -0.25) is 9.59 Å². The molecule has 0 aliphatic heterocycles. The third-order valence-electron chi connectivity index (χ3n) is 3.30. The summed E-state index contributed by atoms with van der Waals surface area (Å²) < 4.78 is 27.3. The number of nitrogens with one attached hydrogen (secondary N) is 4. The summed E-state index contributed by atoms with van der Waals surface area (Å²) in [4.78, 5) is 22.6. The van der Waals surface area contributed by atoms with Crippen LogP contribution in [0.25, 0.3) is 0 Å². The van der Waals surface area contributed by atoms with E-state index < -0.39 is 16.1 Å². The summed E-state index contributed by atoms with van der Waals surface area (Å²) in [6, 6.07) is 0. The summed E-state index contributed by atoms with van der Waals surface area (Å²) in [5.41, 5.74) is 2.29. The Labute approximate surface area is 138 Å². The Balaban J connectivity index is 4.18. The molecule has 0 unspecified atom stereocenters. The summed E-state index contributed by atoms with van der Waals surface area (Å²) in [6.45, 7) is 6.35. The van der Waals surface area contributed by atoms with E-state index in [1.54, 1.807) is 0 Å². The van der Waals surface area contributed by atoms with Crippen LogP contribution in [0.4, 0.5) is 0 Å². The molecule has 2 amide bonds. The monoisotopic (exact) mass is 348 g/mol. The molecule has 0 aliphatic carbocycles. The van der Waals surface area contributed by atoms with Crippen molar-refractivity contribution in [2.45, 2.75) is 46.5 Å². The number of carbonyl (C=O) groups excluding carboxylic acids is 2. The molecule has 0 aliphatic rings. The second-order valence-electron chi connectivity index (χ2n) is 4.96. The average molecular weight is 348 g/mol. The second-order valence-corrected chi connectivity index (χ2v) is 6.46. The molecule has 0 aromatic carbocycles. The molecule has 4 N–H and O–H groups in total.